The summed E-state index contributed by atoms with van der Waals surface area (Å²) in [5, 5.41) is 0. The number of nitrogen functional groups attached to an aromatic ring is 1. The smallest absolute Gasteiger partial charge is 0.268 e. The van der Waals surface area contributed by atoms with Crippen molar-refractivity contribution in [3.63, 3.8) is 0 Å². The lowest BCUT2D eigenvalue weighted by molar-refractivity contribution is 0.145. The third kappa shape index (κ3) is 1.34. The number of hydrogen-bond acceptors (Lipinski definition) is 2. The van der Waals surface area contributed by atoms with Crippen molar-refractivity contribution in [2.45, 2.75) is 13.3 Å². The number of aromatic nitrogens is 1. The number of nitrogens with two attached hydrogens (primary N) is 1. The summed E-state index contributed by atoms with van der Waals surface area (Å²) >= 11 is 0. The van der Waals surface area contributed by atoms with E-state index in [1.165, 1.54) is 6.92 Å². The van der Waals surface area contributed by atoms with Crippen LogP contribution in [0.25, 0.3) is 0 Å². The van der Waals surface area contributed by atoms with Gasteiger partial charge in [-0.1, -0.05) is 0 Å². The normalized spacial score (nSPS) is 10.8. The molecule has 1 aromatic rings. The molecule has 2 N–H and O–H groups in total. The average molecular weight is 176 g/mol. The Kier molecular flexibility index (Phi) is 2.21. The van der Waals surface area contributed by atoms with E-state index in [0.29, 0.717) is 0 Å². The molecular weight excluding hydrogens is 169 g/mol. The van der Waals surface area contributed by atoms with Gasteiger partial charge in [-0.05, 0) is 6.92 Å². The lowest BCUT2D eigenvalue weighted by atomic mass is 10.2. The molecule has 0 bridgehead atoms. The molecule has 1 heterocycles. The topological polar surface area (TPSA) is 38.9 Å². The van der Waals surface area contributed by atoms with Gasteiger partial charge in [0.2, 0.25) is 0 Å². The van der Waals surface area contributed by atoms with Crippen LogP contribution in [-0.4, -0.2) is 4.98 Å². The molecule has 0 aliphatic carbocycles. The summed E-state index contributed by atoms with van der Waals surface area (Å²) < 4.78 is 37.1. The molecule has 0 saturated carbocycles. The van der Waals surface area contributed by atoms with Crippen molar-refractivity contribution < 1.29 is 13.2 Å². The summed E-state index contributed by atoms with van der Waals surface area (Å²) in [6, 6.07) is 0. The Morgan fingerprint density at radius 3 is 2.50 bits per heavy atom. The van der Waals surface area contributed by atoms with Crippen molar-refractivity contribution in [2.75, 3.05) is 5.73 Å². The fraction of sp³-hybridized carbons (Fsp3) is 0.286. The van der Waals surface area contributed by atoms with Gasteiger partial charge in [0.1, 0.15) is 0 Å². The van der Waals surface area contributed by atoms with Crippen LogP contribution in [0, 0.1) is 12.7 Å². The molecule has 0 saturated heterocycles. The average Bonchev–Trinajstić information content (AvgIpc) is 1.97. The molecule has 12 heavy (non-hydrogen) atoms. The first kappa shape index (κ1) is 8.83. The minimum Gasteiger partial charge on any atom is -0.395 e. The maximum Gasteiger partial charge on any atom is 0.268 e. The zero-order valence-corrected chi connectivity index (χ0v) is 6.31. The minimum atomic E-state index is -2.87. The van der Waals surface area contributed by atoms with Crippen molar-refractivity contribution in [3.05, 3.63) is 23.3 Å². The number of alkyl halides is 2. The van der Waals surface area contributed by atoms with Crippen molar-refractivity contribution in [2.24, 2.45) is 0 Å². The van der Waals surface area contributed by atoms with E-state index >= 15 is 0 Å². The zero-order chi connectivity index (χ0) is 9.30. The van der Waals surface area contributed by atoms with E-state index in [2.05, 4.69) is 4.98 Å². The van der Waals surface area contributed by atoms with Crippen LogP contribution >= 0.6 is 0 Å². The highest BCUT2D eigenvalue weighted by Crippen LogP contribution is 2.26. The van der Waals surface area contributed by atoms with Crippen LogP contribution in [0.5, 0.6) is 0 Å². The molecule has 0 spiro atoms. The maximum absolute atomic E-state index is 12.9. The van der Waals surface area contributed by atoms with Gasteiger partial charge < -0.3 is 5.73 Å². The molecule has 5 heteroatoms. The van der Waals surface area contributed by atoms with Gasteiger partial charge in [0, 0.05) is 5.69 Å². The Balaban J connectivity index is 3.33. The molecule has 1 aromatic heterocycles. The van der Waals surface area contributed by atoms with E-state index < -0.39 is 17.8 Å². The minimum absolute atomic E-state index is 0.0308. The van der Waals surface area contributed by atoms with Gasteiger partial charge in [0.25, 0.3) is 6.43 Å². The van der Waals surface area contributed by atoms with Gasteiger partial charge in [0.15, 0.2) is 5.82 Å². The van der Waals surface area contributed by atoms with Crippen LogP contribution in [0.4, 0.5) is 18.9 Å². The molecule has 1 rings (SSSR count). The number of nitrogens with zero attached hydrogens (tertiary/aromatic N) is 1. The predicted molar refractivity (Wildman–Crippen MR) is 38.3 cm³/mol. The number of aryl methyl sites for hydroxylation is 1. The second-order valence-electron chi connectivity index (χ2n) is 2.33. The van der Waals surface area contributed by atoms with E-state index in [9.17, 15) is 13.2 Å². The lowest BCUT2D eigenvalue weighted by Gasteiger charge is -2.06. The molecule has 2 nitrogen and oxygen atoms in total. The van der Waals surface area contributed by atoms with E-state index in [0.717, 1.165) is 6.20 Å². The highest BCUT2D eigenvalue weighted by atomic mass is 19.3. The number of halogens is 3. The first-order valence-corrected chi connectivity index (χ1v) is 3.22. The number of hydrogen-bond donors (Lipinski definition) is 1. The third-order valence-corrected chi connectivity index (χ3v) is 1.50. The molecule has 0 aliphatic rings. The molecule has 0 fully saturated rings. The first-order chi connectivity index (χ1) is 5.54. The summed E-state index contributed by atoms with van der Waals surface area (Å²) in [5.41, 5.74) is 3.96. The molecule has 0 atom stereocenters. The SMILES string of the molecule is Cc1ncc(N)c(F)c1C(F)F. The van der Waals surface area contributed by atoms with Crippen LogP contribution in [0.2, 0.25) is 0 Å². The Morgan fingerprint density at radius 1 is 1.50 bits per heavy atom. The highest BCUT2D eigenvalue weighted by Gasteiger charge is 2.18. The van der Waals surface area contributed by atoms with E-state index in [1.54, 1.807) is 0 Å². The highest BCUT2D eigenvalue weighted by molar-refractivity contribution is 5.42. The van der Waals surface area contributed by atoms with Gasteiger partial charge in [0.05, 0.1) is 17.4 Å². The summed E-state index contributed by atoms with van der Waals surface area (Å²) in [6.07, 6.45) is -1.85. The largest absolute Gasteiger partial charge is 0.395 e. The summed E-state index contributed by atoms with van der Waals surface area (Å²) in [4.78, 5) is 3.52. The van der Waals surface area contributed by atoms with Crippen molar-refractivity contribution in [1.82, 2.24) is 4.98 Å². The predicted octanol–water partition coefficient (Wildman–Crippen LogP) is 2.05. The van der Waals surface area contributed by atoms with Gasteiger partial charge in [-0.3, -0.25) is 4.98 Å². The Hall–Kier alpha value is -1.26. The molecule has 66 valence electrons. The molecular formula is C7H7F3N2. The Morgan fingerprint density at radius 2 is 2.08 bits per heavy atom. The van der Waals surface area contributed by atoms with E-state index in [1.807, 2.05) is 0 Å². The zero-order valence-electron chi connectivity index (χ0n) is 6.31. The molecule has 0 amide bonds. The lowest BCUT2D eigenvalue weighted by Crippen LogP contribution is -2.02. The second kappa shape index (κ2) is 3.00. The summed E-state index contributed by atoms with van der Waals surface area (Å²) in [6.45, 7) is 1.31. The number of pyridine rings is 1. The van der Waals surface area contributed by atoms with Crippen molar-refractivity contribution in [1.29, 1.82) is 0 Å². The Bertz CT molecular complexity index is 299. The molecule has 0 aromatic carbocycles. The fourth-order valence-corrected chi connectivity index (χ4v) is 0.861. The van der Waals surface area contributed by atoms with Crippen LogP contribution in [0.3, 0.4) is 0 Å². The molecule has 0 aliphatic heterocycles. The van der Waals surface area contributed by atoms with E-state index in [-0.39, 0.29) is 11.4 Å². The Labute approximate surface area is 67.2 Å². The summed E-state index contributed by atoms with van der Waals surface area (Å²) in [7, 11) is 0. The fourth-order valence-electron chi connectivity index (χ4n) is 0.861. The van der Waals surface area contributed by atoms with Crippen molar-refractivity contribution in [3.8, 4) is 0 Å². The van der Waals surface area contributed by atoms with Crippen LogP contribution in [0.15, 0.2) is 6.20 Å². The van der Waals surface area contributed by atoms with Crippen LogP contribution in [0.1, 0.15) is 17.7 Å². The number of anilines is 1. The maximum atomic E-state index is 12.9. The third-order valence-electron chi connectivity index (χ3n) is 1.50. The molecule has 0 unspecified atom stereocenters. The van der Waals surface area contributed by atoms with Gasteiger partial charge >= 0.3 is 0 Å². The van der Waals surface area contributed by atoms with Crippen LogP contribution in [-0.2, 0) is 0 Å². The quantitative estimate of drug-likeness (QED) is 0.711. The first-order valence-electron chi connectivity index (χ1n) is 3.22. The standard InChI is InChI=1S/C7H7F3N2/c1-3-5(7(9)10)6(8)4(11)2-12-3/h2,7H,11H2,1H3. The molecule has 0 radical (unpaired) electrons. The van der Waals surface area contributed by atoms with Crippen LogP contribution < -0.4 is 5.73 Å². The summed E-state index contributed by atoms with van der Waals surface area (Å²) in [5.74, 6) is -1.07. The monoisotopic (exact) mass is 176 g/mol. The number of rotatable bonds is 1. The second-order valence-corrected chi connectivity index (χ2v) is 2.33. The van der Waals surface area contributed by atoms with Gasteiger partial charge in [-0.15, -0.1) is 0 Å². The van der Waals surface area contributed by atoms with Gasteiger partial charge in [-0.25, -0.2) is 13.2 Å². The van der Waals surface area contributed by atoms with Gasteiger partial charge in [-0.2, -0.15) is 0 Å². The van der Waals surface area contributed by atoms with E-state index in [4.69, 9.17) is 5.73 Å². The van der Waals surface area contributed by atoms with Crippen molar-refractivity contribution >= 4 is 5.69 Å².